The van der Waals surface area contributed by atoms with Crippen LogP contribution in [-0.2, 0) is 44.4 Å². The van der Waals surface area contributed by atoms with E-state index in [1.807, 2.05) is 76.8 Å². The summed E-state index contributed by atoms with van der Waals surface area (Å²) in [5, 5.41) is 50.7. The second-order valence-electron chi connectivity index (χ2n) is 19.5. The Kier molecular flexibility index (Phi) is 18.8. The first-order chi connectivity index (χ1) is 29.4. The zero-order chi connectivity index (χ0) is 47.2. The van der Waals surface area contributed by atoms with Crippen molar-refractivity contribution in [3.8, 4) is 0 Å². The van der Waals surface area contributed by atoms with Gasteiger partial charge in [0.1, 0.15) is 23.9 Å². The first-order valence-corrected chi connectivity index (χ1v) is 22.8. The number of likely N-dealkylation sites (N-methyl/N-ethyl adjacent to an activating group) is 2. The summed E-state index contributed by atoms with van der Waals surface area (Å²) < 4.78 is 44.2. The number of ether oxygens (including phenoxy) is 7. The van der Waals surface area contributed by atoms with E-state index >= 15 is 0 Å². The second-order valence-corrected chi connectivity index (χ2v) is 19.5. The quantitative estimate of drug-likeness (QED) is 0.202. The van der Waals surface area contributed by atoms with Gasteiger partial charge in [0.15, 0.2) is 18.7 Å². The zero-order valence-corrected chi connectivity index (χ0v) is 40.2. The van der Waals surface area contributed by atoms with Crippen LogP contribution < -0.4 is 5.32 Å². The minimum Gasteiger partial charge on any atom is -0.459 e. The molecular formula is C46H80N4O13. The topological polar surface area (TPSA) is 211 Å². The minimum absolute atomic E-state index is 0.102. The van der Waals surface area contributed by atoms with Crippen LogP contribution >= 0.6 is 0 Å². The SMILES string of the molecule is CC[C@H]1OC(=O)[C@H](C)[C@@H](O[C@H]2C[C@@](C)(OC)[C@@H](O)[C@H](C)O2)[C@H](C)[C@@H](O[C@@H]2O[C@H](C)C[C@H](N(C)C)[C@H]2O)[C@](C)(O)C[C@@H](C)CN(C)[C@H](C)[C@@H](OC(=O)NCCc2ccccn2)[C@]1(C)O. The Bertz CT molecular complexity index is 1590. The third-order valence-electron chi connectivity index (χ3n) is 13.8. The van der Waals surface area contributed by atoms with Crippen LogP contribution in [0.15, 0.2) is 24.4 Å². The fourth-order valence-electron chi connectivity index (χ4n) is 9.93. The van der Waals surface area contributed by atoms with Crippen molar-refractivity contribution in [1.29, 1.82) is 0 Å². The molecule has 1 aromatic heterocycles. The predicted octanol–water partition coefficient (Wildman–Crippen LogP) is 3.27. The number of pyridine rings is 1. The van der Waals surface area contributed by atoms with Gasteiger partial charge in [0.2, 0.25) is 0 Å². The van der Waals surface area contributed by atoms with Gasteiger partial charge in [-0.3, -0.25) is 14.7 Å². The van der Waals surface area contributed by atoms with E-state index in [4.69, 9.17) is 33.2 Å². The van der Waals surface area contributed by atoms with Gasteiger partial charge in [-0.25, -0.2) is 4.79 Å². The smallest absolute Gasteiger partial charge is 0.407 e. The molecule has 0 saturated carbocycles. The number of aromatic nitrogens is 1. The number of nitrogens with zero attached hydrogens (tertiary/aromatic N) is 3. The van der Waals surface area contributed by atoms with Gasteiger partial charge in [-0.05, 0) is 107 Å². The summed E-state index contributed by atoms with van der Waals surface area (Å²) in [6.45, 7) is 18.2. The van der Waals surface area contributed by atoms with Gasteiger partial charge < -0.3 is 63.8 Å². The van der Waals surface area contributed by atoms with Crippen molar-refractivity contribution in [2.45, 2.75) is 192 Å². The van der Waals surface area contributed by atoms with Crippen molar-refractivity contribution in [2.75, 3.05) is 41.3 Å². The molecule has 18 atom stereocenters. The van der Waals surface area contributed by atoms with Gasteiger partial charge in [-0.2, -0.15) is 0 Å². The molecule has 3 aliphatic heterocycles. The molecule has 3 fully saturated rings. The number of amides is 1. The van der Waals surface area contributed by atoms with E-state index in [1.165, 1.54) is 14.0 Å². The number of hydrogen-bond donors (Lipinski definition) is 5. The first kappa shape index (κ1) is 53.1. The Balaban J connectivity index is 1.78. The molecule has 63 heavy (non-hydrogen) atoms. The number of carbonyl (C=O) groups is 2. The average molecular weight is 897 g/mol. The van der Waals surface area contributed by atoms with Crippen LogP contribution in [0.4, 0.5) is 4.79 Å². The molecule has 17 nitrogen and oxygen atoms in total. The Morgan fingerprint density at radius 3 is 2.30 bits per heavy atom. The van der Waals surface area contributed by atoms with Gasteiger partial charge >= 0.3 is 12.1 Å². The number of alkyl carbamates (subject to hydrolysis) is 1. The van der Waals surface area contributed by atoms with Crippen LogP contribution in [0.25, 0.3) is 0 Å². The van der Waals surface area contributed by atoms with Gasteiger partial charge in [-0.1, -0.05) is 26.8 Å². The number of rotatable bonds is 11. The Morgan fingerprint density at radius 2 is 1.70 bits per heavy atom. The normalized spacial score (nSPS) is 42.8. The van der Waals surface area contributed by atoms with Crippen molar-refractivity contribution in [2.24, 2.45) is 17.8 Å². The largest absolute Gasteiger partial charge is 0.459 e. The number of carbonyl (C=O) groups excluding carboxylic acids is 2. The lowest BCUT2D eigenvalue weighted by molar-refractivity contribution is -0.318. The number of hydrogen-bond acceptors (Lipinski definition) is 16. The lowest BCUT2D eigenvalue weighted by Crippen LogP contribution is -2.61. The molecule has 0 aromatic carbocycles. The van der Waals surface area contributed by atoms with Gasteiger partial charge in [0, 0.05) is 62.9 Å². The van der Waals surface area contributed by atoms with E-state index < -0.39 is 102 Å². The molecular weight excluding hydrogens is 817 g/mol. The summed E-state index contributed by atoms with van der Waals surface area (Å²) in [5.41, 5.74) is -3.79. The monoisotopic (exact) mass is 897 g/mol. The van der Waals surface area contributed by atoms with E-state index in [2.05, 4.69) is 10.3 Å². The van der Waals surface area contributed by atoms with Crippen LogP contribution in [0.3, 0.4) is 0 Å². The number of methoxy groups -OCH3 is 1. The number of esters is 1. The summed E-state index contributed by atoms with van der Waals surface area (Å²) in [7, 11) is 7.11. The molecule has 0 unspecified atom stereocenters. The first-order valence-electron chi connectivity index (χ1n) is 22.8. The minimum atomic E-state index is -1.90. The fraction of sp³-hybridized carbons (Fsp3) is 0.848. The number of aliphatic hydroxyl groups excluding tert-OH is 2. The van der Waals surface area contributed by atoms with Crippen molar-refractivity contribution < 1.29 is 63.2 Å². The molecule has 3 saturated heterocycles. The maximum absolute atomic E-state index is 14.7. The molecule has 3 aliphatic rings. The highest BCUT2D eigenvalue weighted by atomic mass is 16.7. The zero-order valence-electron chi connectivity index (χ0n) is 40.2. The van der Waals surface area contributed by atoms with Crippen LogP contribution in [0, 0.1) is 17.8 Å². The van der Waals surface area contributed by atoms with Crippen LogP contribution in [0.5, 0.6) is 0 Å². The van der Waals surface area contributed by atoms with Gasteiger partial charge in [0.25, 0.3) is 0 Å². The van der Waals surface area contributed by atoms with Crippen molar-refractivity contribution in [3.63, 3.8) is 0 Å². The lowest BCUT2D eigenvalue weighted by Gasteiger charge is -2.48. The number of nitrogens with one attached hydrogen (secondary N) is 1. The molecule has 362 valence electrons. The van der Waals surface area contributed by atoms with Gasteiger partial charge in [-0.15, -0.1) is 0 Å². The highest BCUT2D eigenvalue weighted by molar-refractivity contribution is 5.73. The van der Waals surface area contributed by atoms with Crippen LogP contribution in [-0.4, -0.2) is 179 Å². The highest BCUT2D eigenvalue weighted by Crippen LogP contribution is 2.40. The van der Waals surface area contributed by atoms with E-state index in [-0.39, 0.29) is 43.9 Å². The molecule has 0 radical (unpaired) electrons. The van der Waals surface area contributed by atoms with E-state index in [1.54, 1.807) is 40.8 Å². The average Bonchev–Trinajstić information content (AvgIpc) is 3.21. The standard InChI is InChI=1S/C46H80N4O13/c1-15-34-46(10,56)40(63-43(54)48-21-19-32-18-16-17-20-47-32)30(6)50(13)25-26(2)23-44(8,55)39(62-42-36(51)33(49(11)12)22-27(3)58-42)28(4)37(29(5)41(53)60-34)61-35-24-45(9,57-14)38(52)31(7)59-35/h16-18,20,26-31,33-40,42,51-52,55-56H,15,19,21-25H2,1-14H3,(H,48,54)/t26-,27-,28+,29-,30-,31+,33+,34-,35+,36-,37+,38+,39-,40-,42+,44-,45-,46-/m1/s1. The molecule has 0 spiro atoms. The molecule has 5 N–H and O–H groups in total. The number of aliphatic hydroxyl groups is 4. The molecule has 4 heterocycles. The summed E-state index contributed by atoms with van der Waals surface area (Å²) in [6.07, 6.45) is -7.31. The van der Waals surface area contributed by atoms with Gasteiger partial charge in [0.05, 0.1) is 41.5 Å². The maximum atomic E-state index is 14.7. The van der Waals surface area contributed by atoms with Crippen molar-refractivity contribution in [1.82, 2.24) is 20.1 Å². The van der Waals surface area contributed by atoms with Crippen molar-refractivity contribution in [3.05, 3.63) is 30.1 Å². The molecule has 1 amide bonds. The number of cyclic esters (lactones) is 1. The van der Waals surface area contributed by atoms with E-state index in [9.17, 15) is 30.0 Å². The van der Waals surface area contributed by atoms with Crippen molar-refractivity contribution >= 4 is 12.1 Å². The lowest BCUT2D eigenvalue weighted by atomic mass is 9.77. The third kappa shape index (κ3) is 13.1. The molecule has 0 bridgehead atoms. The summed E-state index contributed by atoms with van der Waals surface area (Å²) in [4.78, 5) is 36.3. The van der Waals surface area contributed by atoms with E-state index in [0.717, 1.165) is 5.69 Å². The Morgan fingerprint density at radius 1 is 1.02 bits per heavy atom. The molecule has 4 rings (SSSR count). The molecule has 0 aliphatic carbocycles. The fourth-order valence-corrected chi connectivity index (χ4v) is 9.93. The van der Waals surface area contributed by atoms with E-state index in [0.29, 0.717) is 19.4 Å². The van der Waals surface area contributed by atoms with Crippen LogP contribution in [0.2, 0.25) is 0 Å². The second kappa shape index (κ2) is 22.3. The van der Waals surface area contributed by atoms with Crippen LogP contribution in [0.1, 0.15) is 101 Å². The summed E-state index contributed by atoms with van der Waals surface area (Å²) in [6, 6.07) is 4.62. The Hall–Kier alpha value is -2.55. The summed E-state index contributed by atoms with van der Waals surface area (Å²) in [5.74, 6) is -2.82. The Labute approximate surface area is 375 Å². The maximum Gasteiger partial charge on any atom is 0.407 e. The highest BCUT2D eigenvalue weighted by Gasteiger charge is 2.53. The molecule has 1 aromatic rings. The predicted molar refractivity (Wildman–Crippen MR) is 234 cm³/mol. The third-order valence-corrected chi connectivity index (χ3v) is 13.8. The molecule has 17 heteroatoms. The summed E-state index contributed by atoms with van der Waals surface area (Å²) >= 11 is 0.